The highest BCUT2D eigenvalue weighted by molar-refractivity contribution is 5.86. The van der Waals surface area contributed by atoms with E-state index in [9.17, 15) is 0 Å². The largest absolute Gasteiger partial charge is 0.264 e. The summed E-state index contributed by atoms with van der Waals surface area (Å²) in [6, 6.07) is 7.90. The maximum absolute atomic E-state index is 8.86. The van der Waals surface area contributed by atoms with E-state index in [-0.39, 0.29) is 5.41 Å². The molecule has 0 unspecified atom stereocenters. The maximum Gasteiger partial charge on any atom is 0.0991 e. The van der Waals surface area contributed by atoms with Crippen LogP contribution in [0, 0.1) is 11.3 Å². The first-order chi connectivity index (χ1) is 7.52. The van der Waals surface area contributed by atoms with Crippen molar-refractivity contribution in [2.45, 2.75) is 26.2 Å². The zero-order valence-electron chi connectivity index (χ0n) is 9.78. The van der Waals surface area contributed by atoms with E-state index in [1.807, 2.05) is 30.6 Å². The van der Waals surface area contributed by atoms with Crippen LogP contribution in [0.4, 0.5) is 0 Å². The van der Waals surface area contributed by atoms with Crippen LogP contribution in [0.3, 0.4) is 0 Å². The molecule has 2 rings (SSSR count). The first-order valence-corrected chi connectivity index (χ1v) is 5.31. The highest BCUT2D eigenvalue weighted by Crippen LogP contribution is 2.29. The van der Waals surface area contributed by atoms with Gasteiger partial charge in [-0.3, -0.25) is 4.98 Å². The zero-order valence-corrected chi connectivity index (χ0v) is 9.78. The number of pyridine rings is 1. The van der Waals surface area contributed by atoms with Crippen molar-refractivity contribution in [3.05, 3.63) is 41.7 Å². The fourth-order valence-corrected chi connectivity index (χ4v) is 1.84. The summed E-state index contributed by atoms with van der Waals surface area (Å²) in [5, 5.41) is 11.1. The number of hydrogen-bond donors (Lipinski definition) is 0. The number of fused-ring (bicyclic) bond motifs is 1. The molecule has 0 aliphatic carbocycles. The molecular weight excluding hydrogens is 196 g/mol. The van der Waals surface area contributed by atoms with Gasteiger partial charge in [-0.05, 0) is 28.5 Å². The smallest absolute Gasteiger partial charge is 0.0991 e. The quantitative estimate of drug-likeness (QED) is 0.668. The van der Waals surface area contributed by atoms with E-state index in [1.165, 1.54) is 10.9 Å². The molecule has 1 aromatic heterocycles. The topological polar surface area (TPSA) is 36.7 Å². The van der Waals surface area contributed by atoms with Crippen LogP contribution in [0.15, 0.2) is 30.6 Å². The Balaban J connectivity index is 2.76. The molecule has 0 fully saturated rings. The number of rotatable bonds is 0. The molecular formula is C14H14N2. The minimum absolute atomic E-state index is 0.0701. The third-order valence-corrected chi connectivity index (χ3v) is 2.70. The van der Waals surface area contributed by atoms with Crippen LogP contribution in [0.25, 0.3) is 10.8 Å². The van der Waals surface area contributed by atoms with Gasteiger partial charge in [-0.1, -0.05) is 26.8 Å². The summed E-state index contributed by atoms with van der Waals surface area (Å²) in [4.78, 5) is 4.25. The summed E-state index contributed by atoms with van der Waals surface area (Å²) in [6.45, 7) is 6.50. The fourth-order valence-electron chi connectivity index (χ4n) is 1.84. The van der Waals surface area contributed by atoms with Crippen LogP contribution in [0.2, 0.25) is 0 Å². The van der Waals surface area contributed by atoms with Crippen LogP contribution in [0.1, 0.15) is 31.9 Å². The van der Waals surface area contributed by atoms with E-state index >= 15 is 0 Å². The van der Waals surface area contributed by atoms with Gasteiger partial charge in [0.15, 0.2) is 0 Å². The minimum Gasteiger partial charge on any atom is -0.264 e. The Morgan fingerprint density at radius 3 is 2.56 bits per heavy atom. The third-order valence-electron chi connectivity index (χ3n) is 2.70. The second kappa shape index (κ2) is 3.61. The number of hydrogen-bond acceptors (Lipinski definition) is 2. The lowest BCUT2D eigenvalue weighted by atomic mass is 9.85. The van der Waals surface area contributed by atoms with Crippen LogP contribution >= 0.6 is 0 Å². The summed E-state index contributed by atoms with van der Waals surface area (Å²) in [5.41, 5.74) is 1.97. The van der Waals surface area contributed by atoms with Crippen molar-refractivity contribution < 1.29 is 0 Å². The Hall–Kier alpha value is -1.88. The van der Waals surface area contributed by atoms with Crippen LogP contribution in [0.5, 0.6) is 0 Å². The Labute approximate surface area is 95.6 Å². The zero-order chi connectivity index (χ0) is 11.8. The van der Waals surface area contributed by atoms with Gasteiger partial charge in [0.2, 0.25) is 0 Å². The first-order valence-electron chi connectivity index (χ1n) is 5.31. The van der Waals surface area contributed by atoms with Gasteiger partial charge < -0.3 is 0 Å². The Bertz CT molecular complexity index is 571. The molecule has 16 heavy (non-hydrogen) atoms. The Morgan fingerprint density at radius 2 is 1.94 bits per heavy atom. The second-order valence-electron chi connectivity index (χ2n) is 4.98. The fraction of sp³-hybridized carbons (Fsp3) is 0.286. The van der Waals surface area contributed by atoms with E-state index in [1.54, 1.807) is 0 Å². The number of aromatic nitrogens is 1. The number of benzene rings is 1. The lowest BCUT2D eigenvalue weighted by Gasteiger charge is -2.20. The SMILES string of the molecule is CC(C)(C)c1cncc2cc(C#N)ccc12. The molecule has 80 valence electrons. The van der Waals surface area contributed by atoms with Crippen molar-refractivity contribution in [3.63, 3.8) is 0 Å². The van der Waals surface area contributed by atoms with E-state index < -0.39 is 0 Å². The van der Waals surface area contributed by atoms with Gasteiger partial charge in [-0.25, -0.2) is 0 Å². The van der Waals surface area contributed by atoms with Gasteiger partial charge in [-0.2, -0.15) is 5.26 Å². The normalized spacial score (nSPS) is 11.4. The lowest BCUT2D eigenvalue weighted by molar-refractivity contribution is 0.593. The summed E-state index contributed by atoms with van der Waals surface area (Å²) >= 11 is 0. The first kappa shape index (κ1) is 10.6. The summed E-state index contributed by atoms with van der Waals surface area (Å²) < 4.78 is 0. The Morgan fingerprint density at radius 1 is 1.19 bits per heavy atom. The molecule has 0 N–H and O–H groups in total. The van der Waals surface area contributed by atoms with Crippen molar-refractivity contribution in [1.29, 1.82) is 5.26 Å². The van der Waals surface area contributed by atoms with Gasteiger partial charge in [0.05, 0.1) is 11.6 Å². The molecule has 0 aliphatic heterocycles. The van der Waals surface area contributed by atoms with Crippen LogP contribution in [-0.4, -0.2) is 4.98 Å². The predicted molar refractivity (Wildman–Crippen MR) is 65.2 cm³/mol. The van der Waals surface area contributed by atoms with Crippen molar-refractivity contribution in [2.75, 3.05) is 0 Å². The number of nitriles is 1. The molecule has 2 nitrogen and oxygen atoms in total. The predicted octanol–water partition coefficient (Wildman–Crippen LogP) is 3.40. The standard InChI is InChI=1S/C14H14N2/c1-14(2,3)13-9-16-8-11-6-10(7-15)4-5-12(11)13/h4-6,8-9H,1-3H3. The molecule has 0 spiro atoms. The average Bonchev–Trinajstić information content (AvgIpc) is 2.26. The summed E-state index contributed by atoms with van der Waals surface area (Å²) in [7, 11) is 0. The molecule has 1 aromatic carbocycles. The van der Waals surface area contributed by atoms with Gasteiger partial charge in [0.1, 0.15) is 0 Å². The number of nitrogens with zero attached hydrogens (tertiary/aromatic N) is 2. The molecule has 0 aliphatic rings. The van der Waals surface area contributed by atoms with E-state index in [4.69, 9.17) is 5.26 Å². The highest BCUT2D eigenvalue weighted by Gasteiger charge is 2.16. The monoisotopic (exact) mass is 210 g/mol. The lowest BCUT2D eigenvalue weighted by Crippen LogP contribution is -2.12. The molecule has 0 saturated heterocycles. The van der Waals surface area contributed by atoms with E-state index in [0.717, 1.165) is 5.39 Å². The van der Waals surface area contributed by atoms with Crippen molar-refractivity contribution >= 4 is 10.8 Å². The van der Waals surface area contributed by atoms with Gasteiger partial charge in [-0.15, -0.1) is 0 Å². The highest BCUT2D eigenvalue weighted by atomic mass is 14.6. The molecule has 0 saturated carbocycles. The van der Waals surface area contributed by atoms with Gasteiger partial charge in [0, 0.05) is 17.8 Å². The molecule has 0 bridgehead atoms. The molecule has 1 heterocycles. The second-order valence-corrected chi connectivity index (χ2v) is 4.98. The molecule has 2 aromatic rings. The van der Waals surface area contributed by atoms with Crippen molar-refractivity contribution in [1.82, 2.24) is 4.98 Å². The van der Waals surface area contributed by atoms with E-state index in [0.29, 0.717) is 5.56 Å². The molecule has 0 radical (unpaired) electrons. The summed E-state index contributed by atoms with van der Waals surface area (Å²) in [5.74, 6) is 0. The maximum atomic E-state index is 8.86. The van der Waals surface area contributed by atoms with Crippen LogP contribution < -0.4 is 0 Å². The molecule has 0 atom stereocenters. The average molecular weight is 210 g/mol. The van der Waals surface area contributed by atoms with Gasteiger partial charge >= 0.3 is 0 Å². The van der Waals surface area contributed by atoms with Crippen molar-refractivity contribution in [2.24, 2.45) is 0 Å². The minimum atomic E-state index is 0.0701. The van der Waals surface area contributed by atoms with Crippen molar-refractivity contribution in [3.8, 4) is 6.07 Å². The summed E-state index contributed by atoms with van der Waals surface area (Å²) in [6.07, 6.45) is 3.72. The van der Waals surface area contributed by atoms with Crippen LogP contribution in [-0.2, 0) is 5.41 Å². The van der Waals surface area contributed by atoms with Gasteiger partial charge in [0.25, 0.3) is 0 Å². The van der Waals surface area contributed by atoms with E-state index in [2.05, 4.69) is 31.8 Å². The third kappa shape index (κ3) is 1.77. The molecule has 2 heteroatoms. The Kier molecular flexibility index (Phi) is 2.40. The molecule has 0 amide bonds.